The number of nitrogen functional groups attached to an aromatic ring is 2. The first kappa shape index (κ1) is 12.2. The quantitative estimate of drug-likeness (QED) is 0.696. The largest absolute Gasteiger partial charge is 0.399 e. The third-order valence-corrected chi connectivity index (χ3v) is 3.04. The molecule has 98 valence electrons. The zero-order chi connectivity index (χ0) is 13.9. The molecule has 0 atom stereocenters. The van der Waals surface area contributed by atoms with E-state index in [1.165, 1.54) is 0 Å². The van der Waals surface area contributed by atoms with Crippen molar-refractivity contribution in [2.24, 2.45) is 0 Å². The van der Waals surface area contributed by atoms with Crippen LogP contribution in [0.2, 0.25) is 0 Å². The van der Waals surface area contributed by atoms with Crippen molar-refractivity contribution in [3.8, 4) is 22.5 Å². The van der Waals surface area contributed by atoms with Gasteiger partial charge >= 0.3 is 0 Å². The second-order valence-electron chi connectivity index (χ2n) is 4.54. The van der Waals surface area contributed by atoms with E-state index < -0.39 is 0 Å². The van der Waals surface area contributed by atoms with Crippen molar-refractivity contribution in [3.05, 3.63) is 60.9 Å². The van der Waals surface area contributed by atoms with Crippen molar-refractivity contribution < 1.29 is 0 Å². The van der Waals surface area contributed by atoms with Crippen molar-refractivity contribution in [3.63, 3.8) is 0 Å². The van der Waals surface area contributed by atoms with Crippen LogP contribution in [0.25, 0.3) is 22.5 Å². The van der Waals surface area contributed by atoms with Crippen molar-refractivity contribution >= 4 is 11.4 Å². The molecular weight excluding hydrogens is 248 g/mol. The second-order valence-corrected chi connectivity index (χ2v) is 4.54. The Balaban J connectivity index is 1.93. The number of anilines is 2. The van der Waals surface area contributed by atoms with Crippen LogP contribution in [0.15, 0.2) is 60.9 Å². The minimum absolute atomic E-state index is 0.663. The van der Waals surface area contributed by atoms with E-state index in [2.05, 4.69) is 9.97 Å². The summed E-state index contributed by atoms with van der Waals surface area (Å²) in [6, 6.07) is 15.2. The molecule has 0 saturated carbocycles. The molecule has 0 spiro atoms. The molecule has 4 heteroatoms. The molecular formula is C16H14N4. The third kappa shape index (κ3) is 2.44. The van der Waals surface area contributed by atoms with Gasteiger partial charge in [-0.2, -0.15) is 0 Å². The van der Waals surface area contributed by atoms with Crippen LogP contribution >= 0.6 is 0 Å². The number of aromatic nitrogens is 2. The van der Waals surface area contributed by atoms with Gasteiger partial charge in [0.25, 0.3) is 0 Å². The Morgan fingerprint density at radius 3 is 2.00 bits per heavy atom. The van der Waals surface area contributed by atoms with Gasteiger partial charge in [0.15, 0.2) is 5.82 Å². The maximum atomic E-state index is 5.76. The molecule has 0 fully saturated rings. The molecule has 0 aliphatic heterocycles. The lowest BCUT2D eigenvalue weighted by Gasteiger charge is -2.04. The molecule has 1 aromatic heterocycles. The summed E-state index contributed by atoms with van der Waals surface area (Å²) in [4.78, 5) is 8.78. The van der Waals surface area contributed by atoms with Crippen molar-refractivity contribution in [1.82, 2.24) is 9.97 Å². The summed E-state index contributed by atoms with van der Waals surface area (Å²) in [5.41, 5.74) is 15.8. The Hall–Kier alpha value is -2.88. The van der Waals surface area contributed by atoms with E-state index in [1.54, 1.807) is 12.4 Å². The average Bonchev–Trinajstić information content (AvgIpc) is 2.48. The van der Waals surface area contributed by atoms with Crippen molar-refractivity contribution in [2.45, 2.75) is 0 Å². The molecule has 0 amide bonds. The molecule has 20 heavy (non-hydrogen) atoms. The van der Waals surface area contributed by atoms with Gasteiger partial charge in [0.05, 0.1) is 0 Å². The Morgan fingerprint density at radius 1 is 0.650 bits per heavy atom. The topological polar surface area (TPSA) is 77.8 Å². The minimum atomic E-state index is 0.663. The lowest BCUT2D eigenvalue weighted by Crippen LogP contribution is -1.91. The van der Waals surface area contributed by atoms with E-state index in [9.17, 15) is 0 Å². The molecule has 0 saturated heterocycles. The molecule has 0 unspecified atom stereocenters. The fourth-order valence-electron chi connectivity index (χ4n) is 1.98. The van der Waals surface area contributed by atoms with E-state index in [4.69, 9.17) is 11.5 Å². The molecule has 4 N–H and O–H groups in total. The zero-order valence-electron chi connectivity index (χ0n) is 10.8. The number of nitrogens with two attached hydrogens (primary N) is 2. The second kappa shape index (κ2) is 5.01. The Morgan fingerprint density at radius 2 is 1.35 bits per heavy atom. The minimum Gasteiger partial charge on any atom is -0.399 e. The van der Waals surface area contributed by atoms with Gasteiger partial charge in [0.2, 0.25) is 0 Å². The first-order chi connectivity index (χ1) is 9.72. The maximum absolute atomic E-state index is 5.76. The van der Waals surface area contributed by atoms with Gasteiger partial charge in [-0.25, -0.2) is 9.97 Å². The van der Waals surface area contributed by atoms with Crippen LogP contribution in [0.1, 0.15) is 0 Å². The summed E-state index contributed by atoms with van der Waals surface area (Å²) in [5.74, 6) is 0.663. The van der Waals surface area contributed by atoms with E-state index in [1.807, 2.05) is 48.5 Å². The summed E-state index contributed by atoms with van der Waals surface area (Å²) in [7, 11) is 0. The standard InChI is InChI=1S/C16H14N4/c17-14-6-4-11(5-7-14)13-9-19-16(20-10-13)12-2-1-3-15(18)8-12/h1-10H,17-18H2. The lowest BCUT2D eigenvalue weighted by atomic mass is 10.1. The number of nitrogens with zero attached hydrogens (tertiary/aromatic N) is 2. The number of hydrogen-bond acceptors (Lipinski definition) is 4. The normalized spacial score (nSPS) is 10.4. The van der Waals surface area contributed by atoms with Gasteiger partial charge in [0, 0.05) is 34.9 Å². The third-order valence-electron chi connectivity index (χ3n) is 3.04. The van der Waals surface area contributed by atoms with Crippen LogP contribution in [0, 0.1) is 0 Å². The molecule has 2 aromatic carbocycles. The first-order valence-corrected chi connectivity index (χ1v) is 6.26. The molecule has 0 aliphatic rings. The van der Waals surface area contributed by atoms with Gasteiger partial charge in [-0.3, -0.25) is 0 Å². The van der Waals surface area contributed by atoms with Crippen LogP contribution in [-0.4, -0.2) is 9.97 Å². The molecule has 1 heterocycles. The summed E-state index contributed by atoms with van der Waals surface area (Å²) >= 11 is 0. The number of hydrogen-bond donors (Lipinski definition) is 2. The van der Waals surface area contributed by atoms with Crippen LogP contribution in [-0.2, 0) is 0 Å². The van der Waals surface area contributed by atoms with Gasteiger partial charge in [0.1, 0.15) is 0 Å². The Kier molecular flexibility index (Phi) is 3.05. The van der Waals surface area contributed by atoms with E-state index in [-0.39, 0.29) is 0 Å². The van der Waals surface area contributed by atoms with Gasteiger partial charge in [-0.1, -0.05) is 24.3 Å². The monoisotopic (exact) mass is 262 g/mol. The maximum Gasteiger partial charge on any atom is 0.159 e. The predicted molar refractivity (Wildman–Crippen MR) is 81.7 cm³/mol. The summed E-state index contributed by atoms with van der Waals surface area (Å²) in [6.07, 6.45) is 3.61. The van der Waals surface area contributed by atoms with E-state index in [0.29, 0.717) is 11.5 Å². The van der Waals surface area contributed by atoms with Crippen molar-refractivity contribution in [2.75, 3.05) is 11.5 Å². The highest BCUT2D eigenvalue weighted by Gasteiger charge is 2.03. The van der Waals surface area contributed by atoms with E-state index in [0.717, 1.165) is 22.4 Å². The van der Waals surface area contributed by atoms with Crippen LogP contribution in [0.4, 0.5) is 11.4 Å². The summed E-state index contributed by atoms with van der Waals surface area (Å²) in [5, 5.41) is 0. The van der Waals surface area contributed by atoms with Crippen LogP contribution in [0.3, 0.4) is 0 Å². The van der Waals surface area contributed by atoms with Crippen LogP contribution in [0.5, 0.6) is 0 Å². The van der Waals surface area contributed by atoms with Crippen molar-refractivity contribution in [1.29, 1.82) is 0 Å². The average molecular weight is 262 g/mol. The number of rotatable bonds is 2. The molecule has 0 radical (unpaired) electrons. The van der Waals surface area contributed by atoms with Crippen LogP contribution < -0.4 is 11.5 Å². The van der Waals surface area contributed by atoms with E-state index >= 15 is 0 Å². The highest BCUT2D eigenvalue weighted by Crippen LogP contribution is 2.22. The summed E-state index contributed by atoms with van der Waals surface area (Å²) < 4.78 is 0. The molecule has 4 nitrogen and oxygen atoms in total. The Labute approximate surface area is 117 Å². The summed E-state index contributed by atoms with van der Waals surface area (Å²) in [6.45, 7) is 0. The molecule has 3 aromatic rings. The van der Waals surface area contributed by atoms with Gasteiger partial charge in [-0.15, -0.1) is 0 Å². The highest BCUT2D eigenvalue weighted by molar-refractivity contribution is 5.66. The predicted octanol–water partition coefficient (Wildman–Crippen LogP) is 2.98. The fourth-order valence-corrected chi connectivity index (χ4v) is 1.98. The molecule has 0 aliphatic carbocycles. The highest BCUT2D eigenvalue weighted by atomic mass is 14.9. The zero-order valence-corrected chi connectivity index (χ0v) is 10.8. The SMILES string of the molecule is Nc1ccc(-c2cnc(-c3cccc(N)c3)nc2)cc1. The smallest absolute Gasteiger partial charge is 0.159 e. The number of benzene rings is 2. The fraction of sp³-hybridized carbons (Fsp3) is 0. The Bertz CT molecular complexity index is 718. The van der Waals surface area contributed by atoms with Gasteiger partial charge in [-0.05, 0) is 29.8 Å². The lowest BCUT2D eigenvalue weighted by molar-refractivity contribution is 1.18. The molecule has 3 rings (SSSR count). The first-order valence-electron chi connectivity index (χ1n) is 6.26. The molecule has 0 bridgehead atoms. The van der Waals surface area contributed by atoms with Gasteiger partial charge < -0.3 is 11.5 Å².